The van der Waals surface area contributed by atoms with E-state index in [4.69, 9.17) is 21.3 Å². The van der Waals surface area contributed by atoms with E-state index in [2.05, 4.69) is 0 Å². The molecule has 0 aromatic carbocycles. The molecule has 0 saturated carbocycles. The molecule has 40 valence electrons. The molecule has 0 saturated heterocycles. The third-order valence-corrected chi connectivity index (χ3v) is 0.924. The Morgan fingerprint density at radius 3 is 2.88 bits per heavy atom. The molecule has 4 heteroatoms. The molecule has 0 aliphatic heterocycles. The van der Waals surface area contributed by atoms with Crippen LogP contribution in [0.5, 0.6) is 0 Å². The van der Waals surface area contributed by atoms with Gasteiger partial charge in [-0.25, -0.2) is 0 Å². The first kappa shape index (κ1) is 5.57. The second-order valence-corrected chi connectivity index (χ2v) is 1.67. The molecule has 0 unspecified atom stereocenters. The number of hydrogen-bond donors (Lipinski definition) is 1. The summed E-state index contributed by atoms with van der Waals surface area (Å²) >= 11 is 5.23. The Morgan fingerprint density at radius 1 is 1.88 bits per heavy atom. The topological polar surface area (TPSA) is 37.0 Å². The Balaban J connectivity index is 2.93. The molecule has 1 rings (SSSR count). The van der Waals surface area contributed by atoms with Gasteiger partial charge in [0.05, 0.1) is 0 Å². The first-order valence-electron chi connectivity index (χ1n) is 2.08. The van der Waals surface area contributed by atoms with E-state index in [0.29, 0.717) is 5.76 Å². The molecule has 2 nitrogen and oxygen atoms in total. The zero-order chi connectivity index (χ0) is 5.98. The van der Waals surface area contributed by atoms with Crippen LogP contribution in [0.1, 0.15) is 5.76 Å². The van der Waals surface area contributed by atoms with E-state index in [1.807, 2.05) is 0 Å². The van der Waals surface area contributed by atoms with E-state index in [1.54, 1.807) is 12.0 Å². The Morgan fingerprint density at radius 2 is 2.62 bits per heavy atom. The third-order valence-electron chi connectivity index (χ3n) is 0.738. The molecular formula is C4H3BClNO. The molecule has 0 fully saturated rings. The van der Waals surface area contributed by atoms with Gasteiger partial charge in [0, 0.05) is 0 Å². The van der Waals surface area contributed by atoms with Gasteiger partial charge in [0.25, 0.3) is 0 Å². The van der Waals surface area contributed by atoms with Gasteiger partial charge >= 0.3 is 51.4 Å². The van der Waals surface area contributed by atoms with Crippen molar-refractivity contribution in [3.05, 3.63) is 17.8 Å². The zero-order valence-electron chi connectivity index (χ0n) is 4.02. The molecule has 0 aliphatic carbocycles. The maximum absolute atomic E-state index is 6.82. The number of halogens is 1. The molecule has 0 bridgehead atoms. The summed E-state index contributed by atoms with van der Waals surface area (Å²) in [6.45, 7) is 0. The number of nitrogens with one attached hydrogen (secondary N) is 1. The van der Waals surface area contributed by atoms with Crippen LogP contribution in [0.4, 0.5) is 0 Å². The van der Waals surface area contributed by atoms with Gasteiger partial charge in [-0.3, -0.25) is 0 Å². The Hall–Kier alpha value is -0.565. The van der Waals surface area contributed by atoms with Crippen LogP contribution < -0.4 is 0 Å². The fourth-order valence-corrected chi connectivity index (χ4v) is 0.511. The van der Waals surface area contributed by atoms with Crippen LogP contribution in [-0.2, 0) is 0 Å². The van der Waals surface area contributed by atoms with Crippen molar-refractivity contribution in [1.82, 2.24) is 0 Å². The quantitative estimate of drug-likeness (QED) is 0.565. The zero-order valence-corrected chi connectivity index (χ0v) is 4.77. The van der Waals surface area contributed by atoms with Crippen LogP contribution >= 0.6 is 11.6 Å². The predicted molar refractivity (Wildman–Crippen MR) is 32.7 cm³/mol. The summed E-state index contributed by atoms with van der Waals surface area (Å²) in [6, 6.07) is 1.63. The standard InChI is InChI=1S/C4H3BClNO/c6-4(7)3-1-2-5-8-3/h1-2,7H. The summed E-state index contributed by atoms with van der Waals surface area (Å²) in [6.07, 6.45) is 0. The van der Waals surface area contributed by atoms with Crippen LogP contribution in [0.3, 0.4) is 0 Å². The van der Waals surface area contributed by atoms with E-state index in [0.717, 1.165) is 0 Å². The Bertz CT molecular complexity index is 184. The van der Waals surface area contributed by atoms with Gasteiger partial charge in [0.15, 0.2) is 0 Å². The fraction of sp³-hybridized carbons (Fsp3) is 0. The first-order chi connectivity index (χ1) is 3.80. The van der Waals surface area contributed by atoms with Gasteiger partial charge in [-0.1, -0.05) is 0 Å². The molecule has 1 aromatic rings. The van der Waals surface area contributed by atoms with Crippen LogP contribution in [0.2, 0.25) is 0 Å². The van der Waals surface area contributed by atoms with Crippen LogP contribution in [0.15, 0.2) is 16.4 Å². The van der Waals surface area contributed by atoms with E-state index < -0.39 is 0 Å². The molecule has 0 radical (unpaired) electrons. The molecule has 0 aliphatic rings. The van der Waals surface area contributed by atoms with Crippen molar-refractivity contribution in [2.45, 2.75) is 0 Å². The second kappa shape index (κ2) is 2.14. The third kappa shape index (κ3) is 0.982. The summed E-state index contributed by atoms with van der Waals surface area (Å²) in [7, 11) is 1.48. The van der Waals surface area contributed by atoms with Gasteiger partial charge < -0.3 is 0 Å². The molecule has 8 heavy (non-hydrogen) atoms. The average molecular weight is 127 g/mol. The molecule has 0 amide bonds. The minimum atomic E-state index is -0.0602. The van der Waals surface area contributed by atoms with Gasteiger partial charge in [-0.05, 0) is 0 Å². The average Bonchev–Trinajstić information content (AvgIpc) is 2.12. The summed E-state index contributed by atoms with van der Waals surface area (Å²) in [5, 5.41) is 6.76. The molecule has 1 heterocycles. The van der Waals surface area contributed by atoms with Crippen LogP contribution in [0.25, 0.3) is 0 Å². The van der Waals surface area contributed by atoms with E-state index >= 15 is 0 Å². The number of rotatable bonds is 1. The normalized spacial score (nSPS) is 8.62. The van der Waals surface area contributed by atoms with Gasteiger partial charge in [0.1, 0.15) is 0 Å². The van der Waals surface area contributed by atoms with E-state index in [1.165, 1.54) is 7.13 Å². The fourth-order valence-electron chi connectivity index (χ4n) is 0.403. The predicted octanol–water partition coefficient (Wildman–Crippen LogP) is 1.18. The molecular weight excluding hydrogens is 124 g/mol. The molecule has 0 spiro atoms. The van der Waals surface area contributed by atoms with Gasteiger partial charge in [0.2, 0.25) is 0 Å². The van der Waals surface area contributed by atoms with Crippen LogP contribution in [0, 0.1) is 5.41 Å². The monoisotopic (exact) mass is 127 g/mol. The minimum absolute atomic E-state index is 0.0602. The van der Waals surface area contributed by atoms with Crippen molar-refractivity contribution in [2.75, 3.05) is 0 Å². The molecule has 0 atom stereocenters. The molecule has 1 aromatic heterocycles. The Labute approximate surface area is 52.2 Å². The molecule has 1 N–H and O–H groups in total. The Kier molecular flexibility index (Phi) is 1.49. The van der Waals surface area contributed by atoms with Crippen molar-refractivity contribution >= 4 is 23.9 Å². The summed E-state index contributed by atoms with van der Waals surface area (Å²) < 4.78 is 4.74. The number of hydrogen-bond acceptors (Lipinski definition) is 2. The van der Waals surface area contributed by atoms with Crippen molar-refractivity contribution in [3.63, 3.8) is 0 Å². The first-order valence-corrected chi connectivity index (χ1v) is 2.46. The van der Waals surface area contributed by atoms with Crippen molar-refractivity contribution in [1.29, 1.82) is 5.41 Å². The van der Waals surface area contributed by atoms with Gasteiger partial charge in [-0.15, -0.1) is 0 Å². The van der Waals surface area contributed by atoms with E-state index in [9.17, 15) is 0 Å². The van der Waals surface area contributed by atoms with Crippen molar-refractivity contribution in [2.24, 2.45) is 0 Å². The summed E-state index contributed by atoms with van der Waals surface area (Å²) in [4.78, 5) is 0. The van der Waals surface area contributed by atoms with Gasteiger partial charge in [-0.2, -0.15) is 0 Å². The van der Waals surface area contributed by atoms with Crippen molar-refractivity contribution in [3.8, 4) is 0 Å². The SMILES string of the molecule is N=C(Cl)c1ccbo1. The maximum atomic E-state index is 6.82. The van der Waals surface area contributed by atoms with E-state index in [-0.39, 0.29) is 5.17 Å². The second-order valence-electron chi connectivity index (χ2n) is 1.29. The van der Waals surface area contributed by atoms with Crippen molar-refractivity contribution < 1.29 is 4.33 Å². The van der Waals surface area contributed by atoms with Crippen LogP contribution in [-0.4, -0.2) is 12.3 Å². The summed E-state index contributed by atoms with van der Waals surface area (Å²) in [5.74, 6) is 2.10. The summed E-state index contributed by atoms with van der Waals surface area (Å²) in [5.41, 5.74) is 0.